The van der Waals surface area contributed by atoms with Gasteiger partial charge >= 0.3 is 0 Å². The van der Waals surface area contributed by atoms with Crippen molar-refractivity contribution >= 4 is 11.8 Å². The maximum atomic E-state index is 12.4. The molecule has 2 N–H and O–H groups in total. The van der Waals surface area contributed by atoms with Crippen LogP contribution in [0.3, 0.4) is 0 Å². The van der Waals surface area contributed by atoms with Gasteiger partial charge in [0.25, 0.3) is 0 Å². The minimum Gasteiger partial charge on any atom is -0.357 e. The molecule has 0 aliphatic rings. The standard InChI is InChI=1S/C25H26N2O2/c1-26-25(29)23(18-20-8-4-2-5-9-20)27-24(28)17-14-19-12-15-22(16-13-19)21-10-6-3-7-11-21/h2-13,15-16,23H,14,17-18H2,1H3,(H,26,29)(H,27,28)/t23-/m1/s1. The van der Waals surface area contributed by atoms with Crippen molar-refractivity contribution in [1.82, 2.24) is 10.6 Å². The molecule has 4 heteroatoms. The molecule has 0 aliphatic carbocycles. The van der Waals surface area contributed by atoms with Gasteiger partial charge in [-0.3, -0.25) is 9.59 Å². The van der Waals surface area contributed by atoms with Crippen LogP contribution in [0.25, 0.3) is 11.1 Å². The van der Waals surface area contributed by atoms with Crippen LogP contribution in [-0.4, -0.2) is 24.9 Å². The van der Waals surface area contributed by atoms with E-state index in [-0.39, 0.29) is 11.8 Å². The molecule has 1 atom stereocenters. The molecule has 0 unspecified atom stereocenters. The SMILES string of the molecule is CNC(=O)[C@@H](Cc1ccccc1)NC(=O)CCc1ccc(-c2ccccc2)cc1. The average molecular weight is 386 g/mol. The van der Waals surface area contributed by atoms with Gasteiger partial charge in [0, 0.05) is 19.9 Å². The molecule has 0 aliphatic heterocycles. The molecular weight excluding hydrogens is 360 g/mol. The van der Waals surface area contributed by atoms with Crippen molar-refractivity contribution < 1.29 is 9.59 Å². The maximum Gasteiger partial charge on any atom is 0.242 e. The van der Waals surface area contributed by atoms with Gasteiger partial charge in [-0.25, -0.2) is 0 Å². The molecule has 0 saturated heterocycles. The Bertz CT molecular complexity index is 922. The Morgan fingerprint density at radius 1 is 0.759 bits per heavy atom. The lowest BCUT2D eigenvalue weighted by Gasteiger charge is -2.17. The first-order chi connectivity index (χ1) is 14.2. The highest BCUT2D eigenvalue weighted by Gasteiger charge is 2.19. The van der Waals surface area contributed by atoms with Crippen LogP contribution in [0.5, 0.6) is 0 Å². The van der Waals surface area contributed by atoms with Crippen LogP contribution >= 0.6 is 0 Å². The normalized spacial score (nSPS) is 11.5. The number of hydrogen-bond donors (Lipinski definition) is 2. The van der Waals surface area contributed by atoms with Gasteiger partial charge in [-0.15, -0.1) is 0 Å². The van der Waals surface area contributed by atoms with E-state index in [9.17, 15) is 9.59 Å². The molecule has 0 aromatic heterocycles. The van der Waals surface area contributed by atoms with E-state index in [1.807, 2.05) is 48.5 Å². The first-order valence-electron chi connectivity index (χ1n) is 9.85. The average Bonchev–Trinajstić information content (AvgIpc) is 2.78. The summed E-state index contributed by atoms with van der Waals surface area (Å²) in [5.74, 6) is -0.309. The van der Waals surface area contributed by atoms with Crippen LogP contribution in [0.4, 0.5) is 0 Å². The Kier molecular flexibility index (Phi) is 7.17. The number of aryl methyl sites for hydroxylation is 1. The largest absolute Gasteiger partial charge is 0.357 e. The lowest BCUT2D eigenvalue weighted by atomic mass is 10.0. The van der Waals surface area contributed by atoms with Crippen molar-refractivity contribution in [3.63, 3.8) is 0 Å². The zero-order valence-corrected chi connectivity index (χ0v) is 16.6. The van der Waals surface area contributed by atoms with E-state index in [1.165, 1.54) is 5.56 Å². The fourth-order valence-corrected chi connectivity index (χ4v) is 3.25. The van der Waals surface area contributed by atoms with Gasteiger partial charge in [0.15, 0.2) is 0 Å². The highest BCUT2D eigenvalue weighted by atomic mass is 16.2. The second-order valence-corrected chi connectivity index (χ2v) is 6.99. The van der Waals surface area contributed by atoms with Crippen LogP contribution in [0, 0.1) is 0 Å². The smallest absolute Gasteiger partial charge is 0.242 e. The molecule has 148 valence electrons. The van der Waals surface area contributed by atoms with Gasteiger partial charge < -0.3 is 10.6 Å². The summed E-state index contributed by atoms with van der Waals surface area (Å²) in [6.07, 6.45) is 1.44. The third-order valence-electron chi connectivity index (χ3n) is 4.88. The zero-order valence-electron chi connectivity index (χ0n) is 16.6. The lowest BCUT2D eigenvalue weighted by Crippen LogP contribution is -2.47. The first-order valence-corrected chi connectivity index (χ1v) is 9.85. The number of amides is 2. The molecule has 4 nitrogen and oxygen atoms in total. The molecule has 0 saturated carbocycles. The summed E-state index contributed by atoms with van der Waals surface area (Å²) in [6.45, 7) is 0. The summed E-state index contributed by atoms with van der Waals surface area (Å²) in [5, 5.41) is 5.51. The molecule has 29 heavy (non-hydrogen) atoms. The lowest BCUT2D eigenvalue weighted by molar-refractivity contribution is -0.128. The van der Waals surface area contributed by atoms with Crippen LogP contribution in [0.15, 0.2) is 84.9 Å². The molecular formula is C25H26N2O2. The summed E-state index contributed by atoms with van der Waals surface area (Å²) in [6, 6.07) is 27.6. The number of rotatable bonds is 8. The molecule has 2 amide bonds. The van der Waals surface area contributed by atoms with Crippen molar-refractivity contribution in [2.24, 2.45) is 0 Å². The number of carbonyl (C=O) groups excluding carboxylic acids is 2. The summed E-state index contributed by atoms with van der Waals surface area (Å²) in [7, 11) is 1.58. The Balaban J connectivity index is 1.55. The van der Waals surface area contributed by atoms with E-state index in [0.717, 1.165) is 16.7 Å². The van der Waals surface area contributed by atoms with Crippen molar-refractivity contribution in [2.45, 2.75) is 25.3 Å². The van der Waals surface area contributed by atoms with Crippen molar-refractivity contribution in [2.75, 3.05) is 7.05 Å². The van der Waals surface area contributed by atoms with E-state index < -0.39 is 6.04 Å². The van der Waals surface area contributed by atoms with Crippen molar-refractivity contribution in [3.8, 4) is 11.1 Å². The van der Waals surface area contributed by atoms with Crippen molar-refractivity contribution in [3.05, 3.63) is 96.1 Å². The molecule has 3 aromatic carbocycles. The van der Waals surface area contributed by atoms with Gasteiger partial charge in [0.05, 0.1) is 0 Å². The minimum absolute atomic E-state index is 0.123. The summed E-state index contributed by atoms with van der Waals surface area (Å²) in [4.78, 5) is 24.6. The summed E-state index contributed by atoms with van der Waals surface area (Å²) < 4.78 is 0. The van der Waals surface area contributed by atoms with Gasteiger partial charge in [-0.05, 0) is 28.7 Å². The van der Waals surface area contributed by atoms with Gasteiger partial charge in [0.1, 0.15) is 6.04 Å². The van der Waals surface area contributed by atoms with Crippen molar-refractivity contribution in [1.29, 1.82) is 0 Å². The summed E-state index contributed by atoms with van der Waals surface area (Å²) >= 11 is 0. The molecule has 3 rings (SSSR count). The van der Waals surface area contributed by atoms with E-state index in [2.05, 4.69) is 47.0 Å². The maximum absolute atomic E-state index is 12.4. The van der Waals surface area contributed by atoms with Gasteiger partial charge in [-0.1, -0.05) is 84.9 Å². The minimum atomic E-state index is -0.574. The highest BCUT2D eigenvalue weighted by Crippen LogP contribution is 2.19. The van der Waals surface area contributed by atoms with Crippen LogP contribution in [0.2, 0.25) is 0 Å². The predicted molar refractivity (Wildman–Crippen MR) is 116 cm³/mol. The fraction of sp³-hybridized carbons (Fsp3) is 0.200. The van der Waals surface area contributed by atoms with Gasteiger partial charge in [-0.2, -0.15) is 0 Å². The molecule has 3 aromatic rings. The number of hydrogen-bond acceptors (Lipinski definition) is 2. The molecule has 0 bridgehead atoms. The number of nitrogens with one attached hydrogen (secondary N) is 2. The fourth-order valence-electron chi connectivity index (χ4n) is 3.25. The molecule has 0 spiro atoms. The van der Waals surface area contributed by atoms with Crippen LogP contribution in [-0.2, 0) is 22.4 Å². The van der Waals surface area contributed by atoms with Crippen LogP contribution in [0.1, 0.15) is 17.5 Å². The molecule has 0 heterocycles. The first kappa shape index (κ1) is 20.3. The number of carbonyl (C=O) groups is 2. The third-order valence-corrected chi connectivity index (χ3v) is 4.88. The van der Waals surface area contributed by atoms with E-state index in [4.69, 9.17) is 0 Å². The third kappa shape index (κ3) is 6.04. The zero-order chi connectivity index (χ0) is 20.5. The summed E-state index contributed by atoms with van der Waals surface area (Å²) in [5.41, 5.74) is 4.43. The number of benzene rings is 3. The topological polar surface area (TPSA) is 58.2 Å². The second kappa shape index (κ2) is 10.2. The Morgan fingerprint density at radius 2 is 1.34 bits per heavy atom. The van der Waals surface area contributed by atoms with E-state index in [1.54, 1.807) is 7.05 Å². The van der Waals surface area contributed by atoms with E-state index >= 15 is 0 Å². The quantitative estimate of drug-likeness (QED) is 0.619. The Hall–Kier alpha value is -3.40. The predicted octanol–water partition coefficient (Wildman–Crippen LogP) is 3.76. The van der Waals surface area contributed by atoms with E-state index in [0.29, 0.717) is 19.3 Å². The molecule has 0 fully saturated rings. The van der Waals surface area contributed by atoms with Gasteiger partial charge in [0.2, 0.25) is 11.8 Å². The highest BCUT2D eigenvalue weighted by molar-refractivity contribution is 5.87. The van der Waals surface area contributed by atoms with Crippen LogP contribution < -0.4 is 10.6 Å². The monoisotopic (exact) mass is 386 g/mol. The number of likely N-dealkylation sites (N-methyl/N-ethyl adjacent to an activating group) is 1. The second-order valence-electron chi connectivity index (χ2n) is 6.99. The Labute approximate surface area is 172 Å². The Morgan fingerprint density at radius 3 is 1.97 bits per heavy atom. The molecule has 0 radical (unpaired) electrons.